The fourth-order valence-electron chi connectivity index (χ4n) is 2.90. The van der Waals surface area contributed by atoms with Crippen LogP contribution in [0.25, 0.3) is 6.08 Å². The molecule has 0 aliphatic heterocycles. The van der Waals surface area contributed by atoms with Gasteiger partial charge in [-0.25, -0.2) is 8.78 Å². The van der Waals surface area contributed by atoms with Crippen molar-refractivity contribution in [2.24, 2.45) is 5.92 Å². The molecule has 0 spiro atoms. The second kappa shape index (κ2) is 6.12. The fourth-order valence-corrected chi connectivity index (χ4v) is 2.90. The van der Waals surface area contributed by atoms with Crippen LogP contribution in [-0.2, 0) is 0 Å². The summed E-state index contributed by atoms with van der Waals surface area (Å²) >= 11 is 0. The smallest absolute Gasteiger partial charge is 0.130 e. The van der Waals surface area contributed by atoms with Gasteiger partial charge >= 0.3 is 0 Å². The molecule has 0 radical (unpaired) electrons. The molecule has 0 bridgehead atoms. The summed E-state index contributed by atoms with van der Waals surface area (Å²) in [6.07, 6.45) is 7.58. The second-order valence-corrected chi connectivity index (χ2v) is 5.20. The number of hydrogen-bond donors (Lipinski definition) is 0. The molecular weight excluding hydrogens is 230 g/mol. The van der Waals surface area contributed by atoms with Crippen LogP contribution in [0, 0.1) is 11.7 Å². The molecule has 1 aromatic carbocycles. The van der Waals surface area contributed by atoms with E-state index in [0.29, 0.717) is 17.8 Å². The van der Waals surface area contributed by atoms with E-state index in [2.05, 4.69) is 6.92 Å². The summed E-state index contributed by atoms with van der Waals surface area (Å²) in [7, 11) is 0. The first-order valence-corrected chi connectivity index (χ1v) is 6.80. The maximum absolute atomic E-state index is 13.7. The second-order valence-electron chi connectivity index (χ2n) is 5.20. The third-order valence-corrected chi connectivity index (χ3v) is 4.16. The average Bonchev–Trinajstić information content (AvgIpc) is 2.41. The molecule has 0 amide bonds. The third kappa shape index (κ3) is 2.98. The Bertz CT molecular complexity index is 415. The molecule has 1 aliphatic carbocycles. The van der Waals surface area contributed by atoms with Crippen molar-refractivity contribution in [3.8, 4) is 0 Å². The van der Waals surface area contributed by atoms with E-state index in [1.807, 2.05) is 6.07 Å². The highest BCUT2D eigenvalue weighted by Crippen LogP contribution is 2.37. The first-order chi connectivity index (χ1) is 8.74. The lowest BCUT2D eigenvalue weighted by Gasteiger charge is -2.28. The van der Waals surface area contributed by atoms with Crippen molar-refractivity contribution in [3.05, 3.63) is 41.5 Å². The Kier molecular flexibility index (Phi) is 4.51. The zero-order valence-corrected chi connectivity index (χ0v) is 10.8. The standard InChI is InChI=1S/C16H20F2/c1-2-12-3-5-13(6-4-12)15-8-7-14(9-10-17)16(18)11-15/h7-13H,2-6H2,1H3/t12-,13-. The van der Waals surface area contributed by atoms with Crippen molar-refractivity contribution in [2.75, 3.05) is 0 Å². The van der Waals surface area contributed by atoms with Crippen molar-refractivity contribution < 1.29 is 8.78 Å². The van der Waals surface area contributed by atoms with Crippen molar-refractivity contribution in [1.29, 1.82) is 0 Å². The van der Waals surface area contributed by atoms with Crippen LogP contribution in [0.2, 0.25) is 0 Å². The Morgan fingerprint density at radius 3 is 2.50 bits per heavy atom. The molecule has 1 aliphatic rings. The normalized spacial score (nSPS) is 24.6. The Morgan fingerprint density at radius 2 is 1.94 bits per heavy atom. The molecule has 1 saturated carbocycles. The van der Waals surface area contributed by atoms with Crippen molar-refractivity contribution >= 4 is 6.08 Å². The van der Waals surface area contributed by atoms with E-state index < -0.39 is 0 Å². The number of rotatable bonds is 3. The number of halogens is 2. The zero-order valence-electron chi connectivity index (χ0n) is 10.8. The average molecular weight is 250 g/mol. The van der Waals surface area contributed by atoms with Crippen molar-refractivity contribution in [3.63, 3.8) is 0 Å². The van der Waals surface area contributed by atoms with Crippen molar-refractivity contribution in [1.82, 2.24) is 0 Å². The number of hydrogen-bond acceptors (Lipinski definition) is 0. The van der Waals surface area contributed by atoms with Crippen LogP contribution in [0.1, 0.15) is 56.1 Å². The van der Waals surface area contributed by atoms with Gasteiger partial charge in [0.25, 0.3) is 0 Å². The molecule has 1 fully saturated rings. The minimum Gasteiger partial charge on any atom is -0.216 e. The molecule has 98 valence electrons. The highest BCUT2D eigenvalue weighted by atomic mass is 19.1. The predicted octanol–water partition coefficient (Wildman–Crippen LogP) is 5.45. The van der Waals surface area contributed by atoms with Gasteiger partial charge in [0, 0.05) is 5.56 Å². The lowest BCUT2D eigenvalue weighted by molar-refractivity contribution is 0.318. The highest BCUT2D eigenvalue weighted by molar-refractivity contribution is 5.49. The van der Waals surface area contributed by atoms with Gasteiger partial charge in [0.05, 0.1) is 6.33 Å². The van der Waals surface area contributed by atoms with Gasteiger partial charge in [-0.2, -0.15) is 0 Å². The number of benzene rings is 1. The summed E-state index contributed by atoms with van der Waals surface area (Å²) in [5.74, 6) is 1.00. The van der Waals surface area contributed by atoms with Crippen LogP contribution in [0.4, 0.5) is 8.78 Å². The molecule has 18 heavy (non-hydrogen) atoms. The molecule has 2 rings (SSSR count). The first kappa shape index (κ1) is 13.3. The molecule has 0 saturated heterocycles. The van der Waals surface area contributed by atoms with E-state index in [9.17, 15) is 8.78 Å². The molecule has 0 aromatic heterocycles. The Hall–Kier alpha value is -1.18. The molecular formula is C16H20F2. The molecule has 2 heteroatoms. The summed E-state index contributed by atoms with van der Waals surface area (Å²) < 4.78 is 25.8. The quantitative estimate of drug-likeness (QED) is 0.669. The summed E-state index contributed by atoms with van der Waals surface area (Å²) in [6, 6.07) is 5.19. The van der Waals surface area contributed by atoms with Crippen LogP contribution in [0.3, 0.4) is 0 Å². The first-order valence-electron chi connectivity index (χ1n) is 6.80. The maximum atomic E-state index is 13.7. The summed E-state index contributed by atoms with van der Waals surface area (Å²) in [5.41, 5.74) is 1.39. The summed E-state index contributed by atoms with van der Waals surface area (Å²) in [4.78, 5) is 0. The van der Waals surface area contributed by atoms with Crippen LogP contribution in [0.5, 0.6) is 0 Å². The topological polar surface area (TPSA) is 0 Å². The van der Waals surface area contributed by atoms with E-state index >= 15 is 0 Å². The Labute approximate surface area is 108 Å². The van der Waals surface area contributed by atoms with Crippen LogP contribution in [-0.4, -0.2) is 0 Å². The van der Waals surface area contributed by atoms with Gasteiger partial charge < -0.3 is 0 Å². The Balaban J connectivity index is 2.08. The predicted molar refractivity (Wildman–Crippen MR) is 71.5 cm³/mol. The van der Waals surface area contributed by atoms with E-state index in [-0.39, 0.29) is 5.82 Å². The lowest BCUT2D eigenvalue weighted by atomic mass is 9.78. The third-order valence-electron chi connectivity index (χ3n) is 4.16. The molecule has 0 nitrogen and oxygen atoms in total. The SMILES string of the molecule is CC[C@H]1CC[C@H](c2ccc(C=CF)c(F)c2)CC1. The van der Waals surface area contributed by atoms with Gasteiger partial charge in [-0.1, -0.05) is 25.5 Å². The van der Waals surface area contributed by atoms with Gasteiger partial charge in [-0.15, -0.1) is 0 Å². The van der Waals surface area contributed by atoms with Crippen molar-refractivity contribution in [2.45, 2.75) is 44.9 Å². The van der Waals surface area contributed by atoms with Gasteiger partial charge in [0.15, 0.2) is 0 Å². The van der Waals surface area contributed by atoms with E-state index in [0.717, 1.165) is 30.4 Å². The molecule has 0 N–H and O–H groups in total. The van der Waals surface area contributed by atoms with Gasteiger partial charge in [-0.05, 0) is 55.2 Å². The van der Waals surface area contributed by atoms with Crippen LogP contribution < -0.4 is 0 Å². The lowest BCUT2D eigenvalue weighted by Crippen LogP contribution is -2.12. The molecule has 0 atom stereocenters. The molecule has 0 heterocycles. The Morgan fingerprint density at radius 1 is 1.22 bits per heavy atom. The largest absolute Gasteiger partial charge is 0.216 e. The van der Waals surface area contributed by atoms with Crippen LogP contribution in [0.15, 0.2) is 24.5 Å². The van der Waals surface area contributed by atoms with E-state index in [1.54, 1.807) is 12.1 Å². The van der Waals surface area contributed by atoms with E-state index in [4.69, 9.17) is 0 Å². The zero-order chi connectivity index (χ0) is 13.0. The van der Waals surface area contributed by atoms with E-state index in [1.165, 1.54) is 19.3 Å². The highest BCUT2D eigenvalue weighted by Gasteiger charge is 2.21. The monoisotopic (exact) mass is 250 g/mol. The van der Waals surface area contributed by atoms with Gasteiger partial charge in [0.2, 0.25) is 0 Å². The molecule has 1 aromatic rings. The minimum atomic E-state index is -0.320. The van der Waals surface area contributed by atoms with Gasteiger partial charge in [-0.3, -0.25) is 0 Å². The molecule has 0 unspecified atom stereocenters. The fraction of sp³-hybridized carbons (Fsp3) is 0.500. The van der Waals surface area contributed by atoms with Crippen LogP contribution >= 0.6 is 0 Å². The summed E-state index contributed by atoms with van der Waals surface area (Å²) in [6.45, 7) is 2.24. The maximum Gasteiger partial charge on any atom is 0.130 e. The van der Waals surface area contributed by atoms with Gasteiger partial charge in [0.1, 0.15) is 5.82 Å². The minimum absolute atomic E-state index is 0.320. The summed E-state index contributed by atoms with van der Waals surface area (Å²) in [5, 5.41) is 0.